The highest BCUT2D eigenvalue weighted by molar-refractivity contribution is 5.83. The summed E-state index contributed by atoms with van der Waals surface area (Å²) < 4.78 is 1.50. The molecule has 0 bridgehead atoms. The highest BCUT2D eigenvalue weighted by Crippen LogP contribution is 2.13. The second-order valence-electron chi connectivity index (χ2n) is 5.06. The lowest BCUT2D eigenvalue weighted by Gasteiger charge is -2.23. The van der Waals surface area contributed by atoms with E-state index in [9.17, 15) is 14.7 Å². The topological polar surface area (TPSA) is 87.5 Å². The molecule has 7 heteroatoms. The summed E-state index contributed by atoms with van der Waals surface area (Å²) in [5.41, 5.74) is 0.449. The number of nitrogens with zero attached hydrogens (tertiary/aromatic N) is 3. The largest absolute Gasteiger partial charge is 0.479 e. The van der Waals surface area contributed by atoms with E-state index in [0.29, 0.717) is 18.0 Å². The number of rotatable bonds is 6. The molecule has 1 aromatic heterocycles. The fourth-order valence-electron chi connectivity index (χ4n) is 1.79. The van der Waals surface area contributed by atoms with E-state index in [1.54, 1.807) is 20.3 Å². The van der Waals surface area contributed by atoms with Crippen molar-refractivity contribution in [2.45, 2.75) is 26.3 Å². The molecule has 0 saturated heterocycles. The first kappa shape index (κ1) is 16.0. The molecule has 0 aliphatic rings. The van der Waals surface area contributed by atoms with Crippen molar-refractivity contribution in [1.82, 2.24) is 20.0 Å². The van der Waals surface area contributed by atoms with Crippen molar-refractivity contribution in [1.29, 1.82) is 0 Å². The predicted molar refractivity (Wildman–Crippen MR) is 74.2 cm³/mol. The smallest absolute Gasteiger partial charge is 0.331 e. The molecular weight excluding hydrogens is 260 g/mol. The Morgan fingerprint density at radius 2 is 2.20 bits per heavy atom. The quantitative estimate of drug-likeness (QED) is 0.821. The van der Waals surface area contributed by atoms with Gasteiger partial charge < -0.3 is 15.3 Å². The van der Waals surface area contributed by atoms with Gasteiger partial charge in [-0.15, -0.1) is 0 Å². The minimum Gasteiger partial charge on any atom is -0.479 e. The van der Waals surface area contributed by atoms with Crippen LogP contribution in [0.1, 0.15) is 31.9 Å². The lowest BCUT2D eigenvalue weighted by atomic mass is 10.1. The first-order chi connectivity index (χ1) is 9.35. The van der Waals surface area contributed by atoms with Gasteiger partial charge in [0.25, 0.3) is 0 Å². The van der Waals surface area contributed by atoms with Crippen molar-refractivity contribution in [2.24, 2.45) is 13.0 Å². The maximum atomic E-state index is 12.0. The number of amides is 2. The SMILES string of the molecule is CCC(C)CN(C)C(=O)NC(C(=O)O)c1cnn(C)c1. The summed E-state index contributed by atoms with van der Waals surface area (Å²) in [6.07, 6.45) is 3.98. The van der Waals surface area contributed by atoms with E-state index >= 15 is 0 Å². The molecule has 0 aromatic carbocycles. The summed E-state index contributed by atoms with van der Waals surface area (Å²) in [6.45, 7) is 4.67. The fraction of sp³-hybridized carbons (Fsp3) is 0.615. The number of aromatic nitrogens is 2. The Hall–Kier alpha value is -2.05. The summed E-state index contributed by atoms with van der Waals surface area (Å²) in [5, 5.41) is 15.7. The molecule has 0 radical (unpaired) electrons. The molecule has 20 heavy (non-hydrogen) atoms. The molecule has 1 heterocycles. The molecule has 0 aliphatic heterocycles. The number of carbonyl (C=O) groups is 2. The molecule has 2 atom stereocenters. The monoisotopic (exact) mass is 282 g/mol. The van der Waals surface area contributed by atoms with E-state index in [2.05, 4.69) is 10.4 Å². The number of hydrogen-bond donors (Lipinski definition) is 2. The number of aliphatic carboxylic acids is 1. The Morgan fingerprint density at radius 3 is 2.65 bits per heavy atom. The second kappa shape index (κ2) is 6.93. The van der Waals surface area contributed by atoms with Crippen LogP contribution in [0.25, 0.3) is 0 Å². The molecule has 1 rings (SSSR count). The van der Waals surface area contributed by atoms with Crippen molar-refractivity contribution in [3.8, 4) is 0 Å². The summed E-state index contributed by atoms with van der Waals surface area (Å²) in [5.74, 6) is -0.740. The molecular formula is C13H22N4O3. The maximum absolute atomic E-state index is 12.0. The number of carbonyl (C=O) groups excluding carboxylic acids is 1. The van der Waals surface area contributed by atoms with Crippen molar-refractivity contribution >= 4 is 12.0 Å². The van der Waals surface area contributed by atoms with Gasteiger partial charge in [-0.3, -0.25) is 4.68 Å². The minimum atomic E-state index is -1.11. The number of nitrogens with one attached hydrogen (secondary N) is 1. The average molecular weight is 282 g/mol. The number of urea groups is 1. The zero-order chi connectivity index (χ0) is 15.3. The van der Waals surface area contributed by atoms with Gasteiger partial charge in [-0.05, 0) is 5.92 Å². The van der Waals surface area contributed by atoms with Crippen LogP contribution in [0.3, 0.4) is 0 Å². The lowest BCUT2D eigenvalue weighted by molar-refractivity contribution is -0.139. The van der Waals surface area contributed by atoms with Gasteiger partial charge in [0.2, 0.25) is 0 Å². The van der Waals surface area contributed by atoms with Gasteiger partial charge in [-0.1, -0.05) is 20.3 Å². The van der Waals surface area contributed by atoms with Gasteiger partial charge in [-0.2, -0.15) is 5.10 Å². The van der Waals surface area contributed by atoms with Crippen LogP contribution in [0.4, 0.5) is 4.79 Å². The average Bonchev–Trinajstić information content (AvgIpc) is 2.81. The zero-order valence-corrected chi connectivity index (χ0v) is 12.3. The van der Waals surface area contributed by atoms with E-state index in [1.165, 1.54) is 15.8 Å². The van der Waals surface area contributed by atoms with Crippen LogP contribution < -0.4 is 5.32 Å². The summed E-state index contributed by atoms with van der Waals surface area (Å²) in [7, 11) is 3.35. The Bertz CT molecular complexity index is 472. The molecule has 2 N–H and O–H groups in total. The molecule has 2 amide bonds. The van der Waals surface area contributed by atoms with Gasteiger partial charge >= 0.3 is 12.0 Å². The van der Waals surface area contributed by atoms with Crippen LogP contribution in [0, 0.1) is 5.92 Å². The third-order valence-electron chi connectivity index (χ3n) is 3.20. The third kappa shape index (κ3) is 4.25. The van der Waals surface area contributed by atoms with Crippen molar-refractivity contribution in [2.75, 3.05) is 13.6 Å². The highest BCUT2D eigenvalue weighted by Gasteiger charge is 2.25. The van der Waals surface area contributed by atoms with E-state index in [1.807, 2.05) is 13.8 Å². The number of hydrogen-bond acceptors (Lipinski definition) is 3. The van der Waals surface area contributed by atoms with Crippen molar-refractivity contribution < 1.29 is 14.7 Å². The molecule has 0 saturated carbocycles. The highest BCUT2D eigenvalue weighted by atomic mass is 16.4. The Balaban J connectivity index is 2.71. The summed E-state index contributed by atoms with van der Waals surface area (Å²) >= 11 is 0. The second-order valence-corrected chi connectivity index (χ2v) is 5.06. The van der Waals surface area contributed by atoms with Gasteiger partial charge in [0.05, 0.1) is 6.20 Å². The molecule has 7 nitrogen and oxygen atoms in total. The predicted octanol–water partition coefficient (Wildman–Crippen LogP) is 1.23. The van der Waals surface area contributed by atoms with Gasteiger partial charge in [-0.25, -0.2) is 9.59 Å². The van der Waals surface area contributed by atoms with E-state index < -0.39 is 18.0 Å². The lowest BCUT2D eigenvalue weighted by Crippen LogP contribution is -2.43. The molecule has 0 aliphatic carbocycles. The summed E-state index contributed by atoms with van der Waals surface area (Å²) in [6, 6.07) is -1.49. The van der Waals surface area contributed by atoms with Crippen molar-refractivity contribution in [3.63, 3.8) is 0 Å². The summed E-state index contributed by atoms with van der Waals surface area (Å²) in [4.78, 5) is 24.8. The van der Waals surface area contributed by atoms with Crippen LogP contribution in [0.15, 0.2) is 12.4 Å². The first-order valence-electron chi connectivity index (χ1n) is 6.58. The van der Waals surface area contributed by atoms with Crippen LogP contribution in [-0.4, -0.2) is 45.4 Å². The van der Waals surface area contributed by atoms with Gasteiger partial charge in [0, 0.05) is 32.4 Å². The zero-order valence-electron chi connectivity index (χ0n) is 12.3. The van der Waals surface area contributed by atoms with Crippen LogP contribution in [0.5, 0.6) is 0 Å². The maximum Gasteiger partial charge on any atom is 0.331 e. The molecule has 112 valence electrons. The Morgan fingerprint density at radius 1 is 1.55 bits per heavy atom. The van der Waals surface area contributed by atoms with Crippen LogP contribution >= 0.6 is 0 Å². The molecule has 0 fully saturated rings. The van der Waals surface area contributed by atoms with Gasteiger partial charge in [0.1, 0.15) is 0 Å². The standard InChI is InChI=1S/C13H22N4O3/c1-5-9(2)7-16(3)13(20)15-11(12(18)19)10-6-14-17(4)8-10/h6,8-9,11H,5,7H2,1-4H3,(H,15,20)(H,18,19). The first-order valence-corrected chi connectivity index (χ1v) is 6.58. The number of carboxylic acids is 1. The normalized spacial score (nSPS) is 13.6. The van der Waals surface area contributed by atoms with E-state index in [0.717, 1.165) is 6.42 Å². The fourth-order valence-corrected chi connectivity index (χ4v) is 1.79. The number of aryl methyl sites for hydroxylation is 1. The van der Waals surface area contributed by atoms with E-state index in [-0.39, 0.29) is 0 Å². The molecule has 1 aromatic rings. The van der Waals surface area contributed by atoms with Crippen LogP contribution in [-0.2, 0) is 11.8 Å². The molecule has 2 unspecified atom stereocenters. The van der Waals surface area contributed by atoms with Gasteiger partial charge in [0.15, 0.2) is 6.04 Å². The minimum absolute atomic E-state index is 0.368. The van der Waals surface area contributed by atoms with Crippen LogP contribution in [0.2, 0.25) is 0 Å². The third-order valence-corrected chi connectivity index (χ3v) is 3.20. The Kier molecular flexibility index (Phi) is 5.54. The molecule has 0 spiro atoms. The Labute approximate surface area is 118 Å². The van der Waals surface area contributed by atoms with Crippen molar-refractivity contribution in [3.05, 3.63) is 18.0 Å². The van der Waals surface area contributed by atoms with E-state index in [4.69, 9.17) is 0 Å². The number of carboxylic acid groups (broad SMARTS) is 1.